The molecule has 120 valence electrons. The first-order valence-electron chi connectivity index (χ1n) is 7.52. The van der Waals surface area contributed by atoms with Crippen LogP contribution in [0.2, 0.25) is 0 Å². The maximum absolute atomic E-state index is 5.18. The lowest BCUT2D eigenvalue weighted by Gasteiger charge is -2.33. The highest BCUT2D eigenvalue weighted by Gasteiger charge is 2.24. The Hall–Kier alpha value is -1.54. The van der Waals surface area contributed by atoms with Crippen LogP contribution in [0.15, 0.2) is 4.52 Å². The lowest BCUT2D eigenvalue weighted by molar-refractivity contribution is 0.215. The lowest BCUT2D eigenvalue weighted by Crippen LogP contribution is -2.46. The Morgan fingerprint density at radius 3 is 2.41 bits per heavy atom. The van der Waals surface area contributed by atoms with Gasteiger partial charge in [0.2, 0.25) is 11.0 Å². The van der Waals surface area contributed by atoms with Gasteiger partial charge in [0, 0.05) is 31.6 Å². The van der Waals surface area contributed by atoms with Gasteiger partial charge in [-0.25, -0.2) is 0 Å². The maximum Gasteiger partial charge on any atom is 0.240 e. The van der Waals surface area contributed by atoms with E-state index in [1.54, 1.807) is 11.3 Å². The molecule has 3 heterocycles. The van der Waals surface area contributed by atoms with Crippen LogP contribution >= 0.6 is 11.3 Å². The van der Waals surface area contributed by atoms with Crippen LogP contribution in [0, 0.1) is 6.92 Å². The van der Waals surface area contributed by atoms with Gasteiger partial charge in [-0.2, -0.15) is 4.98 Å². The number of hydrogen-bond acceptors (Lipinski definition) is 8. The zero-order valence-corrected chi connectivity index (χ0v) is 14.4. The van der Waals surface area contributed by atoms with Crippen LogP contribution in [0.1, 0.15) is 37.5 Å². The highest BCUT2D eigenvalue weighted by Crippen LogP contribution is 2.30. The van der Waals surface area contributed by atoms with Crippen LogP contribution in [0.3, 0.4) is 0 Å². The van der Waals surface area contributed by atoms with Crippen molar-refractivity contribution in [3.05, 3.63) is 16.7 Å². The molecule has 0 unspecified atom stereocenters. The van der Waals surface area contributed by atoms with E-state index in [4.69, 9.17) is 4.52 Å². The third-order valence-electron chi connectivity index (χ3n) is 3.63. The number of aromatic nitrogens is 4. The van der Waals surface area contributed by atoms with Crippen LogP contribution < -0.4 is 4.90 Å². The molecule has 0 N–H and O–H groups in total. The summed E-state index contributed by atoms with van der Waals surface area (Å²) in [5.41, 5.74) is 0.0631. The summed E-state index contributed by atoms with van der Waals surface area (Å²) in [6.07, 6.45) is 0. The average Bonchev–Trinajstić information content (AvgIpc) is 3.08. The first-order chi connectivity index (χ1) is 10.4. The van der Waals surface area contributed by atoms with Crippen molar-refractivity contribution < 1.29 is 4.52 Å². The molecule has 3 rings (SSSR count). The van der Waals surface area contributed by atoms with Crippen molar-refractivity contribution in [1.29, 1.82) is 0 Å². The number of rotatable bonds is 3. The third-order valence-corrected chi connectivity index (χ3v) is 5.04. The van der Waals surface area contributed by atoms with Gasteiger partial charge in [-0.05, 0) is 6.92 Å². The summed E-state index contributed by atoms with van der Waals surface area (Å²) in [4.78, 5) is 8.90. The molecule has 1 saturated heterocycles. The van der Waals surface area contributed by atoms with E-state index in [-0.39, 0.29) is 5.41 Å². The molecule has 8 heteroatoms. The molecule has 22 heavy (non-hydrogen) atoms. The molecule has 0 aromatic carbocycles. The molecule has 0 aliphatic carbocycles. The van der Waals surface area contributed by atoms with Gasteiger partial charge in [0.05, 0.1) is 6.54 Å². The van der Waals surface area contributed by atoms with Crippen molar-refractivity contribution in [3.63, 3.8) is 0 Å². The molecule has 0 atom stereocenters. The second-order valence-corrected chi connectivity index (χ2v) is 7.59. The minimum Gasteiger partial charge on any atom is -0.344 e. The Labute approximate surface area is 134 Å². The standard InChI is InChI=1S/C14H22N6OS/c1-10-15-11(21-18-10)9-19-5-7-20(8-6-19)13-17-16-12(22-13)14(2,3)4/h5-9H2,1-4H3. The van der Waals surface area contributed by atoms with E-state index in [1.807, 2.05) is 6.92 Å². The Morgan fingerprint density at radius 2 is 1.86 bits per heavy atom. The van der Waals surface area contributed by atoms with Gasteiger partial charge in [0.15, 0.2) is 5.82 Å². The molecule has 1 aliphatic heterocycles. The van der Waals surface area contributed by atoms with Crippen molar-refractivity contribution in [2.45, 2.75) is 39.7 Å². The zero-order chi connectivity index (χ0) is 15.7. The Morgan fingerprint density at radius 1 is 1.14 bits per heavy atom. The molecule has 7 nitrogen and oxygen atoms in total. The van der Waals surface area contributed by atoms with Crippen LogP contribution in [-0.2, 0) is 12.0 Å². The normalized spacial score (nSPS) is 17.2. The quantitative estimate of drug-likeness (QED) is 0.854. The number of piperazine rings is 1. The fourth-order valence-electron chi connectivity index (χ4n) is 2.34. The van der Waals surface area contributed by atoms with Gasteiger partial charge in [-0.15, -0.1) is 10.2 Å². The van der Waals surface area contributed by atoms with Crippen molar-refractivity contribution in [2.24, 2.45) is 0 Å². The molecule has 0 bridgehead atoms. The molecule has 2 aromatic heterocycles. The summed E-state index contributed by atoms with van der Waals surface area (Å²) in [5.74, 6) is 1.38. The fraction of sp³-hybridized carbons (Fsp3) is 0.714. The summed E-state index contributed by atoms with van der Waals surface area (Å²) in [7, 11) is 0. The highest BCUT2D eigenvalue weighted by molar-refractivity contribution is 7.15. The lowest BCUT2D eigenvalue weighted by atomic mass is 9.98. The van der Waals surface area contributed by atoms with Crippen molar-refractivity contribution >= 4 is 16.5 Å². The predicted molar refractivity (Wildman–Crippen MR) is 85.1 cm³/mol. The molecule has 0 amide bonds. The summed E-state index contributed by atoms with van der Waals surface area (Å²) < 4.78 is 5.18. The smallest absolute Gasteiger partial charge is 0.240 e. The fourth-order valence-corrected chi connectivity index (χ4v) is 3.29. The van der Waals surface area contributed by atoms with Crippen molar-refractivity contribution in [1.82, 2.24) is 25.2 Å². The van der Waals surface area contributed by atoms with E-state index in [0.717, 1.165) is 42.9 Å². The second-order valence-electron chi connectivity index (χ2n) is 6.64. The van der Waals surface area contributed by atoms with E-state index in [9.17, 15) is 0 Å². The summed E-state index contributed by atoms with van der Waals surface area (Å²) >= 11 is 1.70. The Kier molecular flexibility index (Phi) is 4.14. The largest absolute Gasteiger partial charge is 0.344 e. The molecule has 1 aliphatic rings. The number of nitrogens with zero attached hydrogens (tertiary/aromatic N) is 6. The zero-order valence-electron chi connectivity index (χ0n) is 13.5. The first kappa shape index (κ1) is 15.4. The first-order valence-corrected chi connectivity index (χ1v) is 8.34. The van der Waals surface area contributed by atoms with Crippen molar-refractivity contribution in [3.8, 4) is 0 Å². The van der Waals surface area contributed by atoms with E-state index in [2.05, 4.69) is 50.9 Å². The summed E-state index contributed by atoms with van der Waals surface area (Å²) in [5, 5.41) is 14.6. The number of aryl methyl sites for hydroxylation is 1. The topological polar surface area (TPSA) is 71.2 Å². The van der Waals surface area contributed by atoms with Gasteiger partial charge >= 0.3 is 0 Å². The Balaban J connectivity index is 1.56. The monoisotopic (exact) mass is 322 g/mol. The minimum atomic E-state index is 0.0631. The maximum atomic E-state index is 5.18. The van der Waals surface area contributed by atoms with Gasteiger partial charge in [-0.3, -0.25) is 4.90 Å². The van der Waals surface area contributed by atoms with E-state index in [1.165, 1.54) is 0 Å². The SMILES string of the molecule is Cc1noc(CN2CCN(c3nnc(C(C)(C)C)s3)CC2)n1. The van der Waals surface area contributed by atoms with E-state index >= 15 is 0 Å². The van der Waals surface area contributed by atoms with Crippen molar-refractivity contribution in [2.75, 3.05) is 31.1 Å². The molecule has 0 saturated carbocycles. The van der Waals surface area contributed by atoms with Crippen LogP contribution in [0.4, 0.5) is 5.13 Å². The van der Waals surface area contributed by atoms with Gasteiger partial charge < -0.3 is 9.42 Å². The third kappa shape index (κ3) is 3.44. The predicted octanol–water partition coefficient (Wildman–Crippen LogP) is 1.85. The van der Waals surface area contributed by atoms with Gasteiger partial charge in [0.1, 0.15) is 5.01 Å². The molecular formula is C14H22N6OS. The molecule has 1 fully saturated rings. The van der Waals surface area contributed by atoms with Crippen LogP contribution in [-0.4, -0.2) is 51.4 Å². The highest BCUT2D eigenvalue weighted by atomic mass is 32.1. The molecule has 2 aromatic rings. The van der Waals surface area contributed by atoms with Crippen LogP contribution in [0.25, 0.3) is 0 Å². The molecule has 0 spiro atoms. The van der Waals surface area contributed by atoms with Crippen LogP contribution in [0.5, 0.6) is 0 Å². The summed E-state index contributed by atoms with van der Waals surface area (Å²) in [6.45, 7) is 12.9. The summed E-state index contributed by atoms with van der Waals surface area (Å²) in [6, 6.07) is 0. The number of hydrogen-bond donors (Lipinski definition) is 0. The molecular weight excluding hydrogens is 300 g/mol. The average molecular weight is 322 g/mol. The minimum absolute atomic E-state index is 0.0631. The van der Waals surface area contributed by atoms with E-state index < -0.39 is 0 Å². The second kappa shape index (κ2) is 5.92. The van der Waals surface area contributed by atoms with Gasteiger partial charge in [0.25, 0.3) is 0 Å². The van der Waals surface area contributed by atoms with Gasteiger partial charge in [-0.1, -0.05) is 37.3 Å². The van der Waals surface area contributed by atoms with E-state index in [0.29, 0.717) is 11.7 Å². The Bertz CT molecular complexity index is 623. The number of anilines is 1. The molecule has 0 radical (unpaired) electrons.